The van der Waals surface area contributed by atoms with Gasteiger partial charge in [-0.3, -0.25) is 0 Å². The van der Waals surface area contributed by atoms with Crippen molar-refractivity contribution in [3.63, 3.8) is 0 Å². The first-order valence-corrected chi connectivity index (χ1v) is 5.59. The summed E-state index contributed by atoms with van der Waals surface area (Å²) in [4.78, 5) is 0. The molecule has 1 aliphatic rings. The molecule has 0 amide bonds. The predicted molar refractivity (Wildman–Crippen MR) is 60.6 cm³/mol. The minimum Gasteiger partial charge on any atom is -0.116 e. The molecule has 0 saturated heterocycles. The zero-order valence-corrected chi connectivity index (χ0v) is 10.3. The van der Waals surface area contributed by atoms with E-state index in [2.05, 4.69) is 13.8 Å². The van der Waals surface area contributed by atoms with Crippen LogP contribution in [-0.2, 0) is 0 Å². The molecule has 74 valence electrons. The molecule has 0 aromatic heterocycles. The Morgan fingerprint density at radius 2 is 1.77 bits per heavy atom. The predicted octanol–water partition coefficient (Wildman–Crippen LogP) is 4.69. The van der Waals surface area contributed by atoms with Crippen LogP contribution in [0.5, 0.6) is 0 Å². The quantitative estimate of drug-likeness (QED) is 0.600. The molecule has 4 heteroatoms. The second-order valence-corrected chi connectivity index (χ2v) is 5.06. The van der Waals surface area contributed by atoms with Crippen molar-refractivity contribution in [2.75, 3.05) is 0 Å². The highest BCUT2D eigenvalue weighted by atomic mass is 35.5. The summed E-state index contributed by atoms with van der Waals surface area (Å²) in [5, 5.41) is 1.08. The standard InChI is InChI=1S/C9H10Cl4/c1-4(2)5-3-6(10)8(12)9(13)7(5)11/h3-5,7H,1-2H3. The molecule has 2 atom stereocenters. The molecule has 0 fully saturated rings. The maximum Gasteiger partial charge on any atom is 0.0773 e. The van der Waals surface area contributed by atoms with Gasteiger partial charge in [0.15, 0.2) is 0 Å². The van der Waals surface area contributed by atoms with Gasteiger partial charge in [0.25, 0.3) is 0 Å². The van der Waals surface area contributed by atoms with Gasteiger partial charge in [-0.05, 0) is 5.92 Å². The fourth-order valence-electron chi connectivity index (χ4n) is 1.26. The van der Waals surface area contributed by atoms with Crippen molar-refractivity contribution in [3.05, 3.63) is 21.2 Å². The van der Waals surface area contributed by atoms with Crippen LogP contribution in [0.1, 0.15) is 13.8 Å². The molecule has 0 heterocycles. The Balaban J connectivity index is 3.00. The van der Waals surface area contributed by atoms with E-state index in [1.165, 1.54) is 0 Å². The Bertz CT molecular complexity index is 265. The van der Waals surface area contributed by atoms with Crippen LogP contribution in [0, 0.1) is 11.8 Å². The third-order valence-electron chi connectivity index (χ3n) is 2.11. The molecule has 0 aromatic rings. The molecule has 0 bridgehead atoms. The van der Waals surface area contributed by atoms with Gasteiger partial charge in [-0.1, -0.05) is 54.7 Å². The maximum absolute atomic E-state index is 6.11. The van der Waals surface area contributed by atoms with Crippen LogP contribution in [0.15, 0.2) is 21.2 Å². The number of alkyl halides is 1. The summed E-state index contributed by atoms with van der Waals surface area (Å²) in [6.45, 7) is 4.15. The first-order chi connectivity index (χ1) is 5.95. The van der Waals surface area contributed by atoms with E-state index in [9.17, 15) is 0 Å². The third kappa shape index (κ3) is 2.36. The summed E-state index contributed by atoms with van der Waals surface area (Å²) in [5.41, 5.74) is 0. The van der Waals surface area contributed by atoms with E-state index < -0.39 is 0 Å². The minimum atomic E-state index is -0.253. The highest BCUT2D eigenvalue weighted by Crippen LogP contribution is 2.41. The molecule has 0 nitrogen and oxygen atoms in total. The molecule has 0 spiro atoms. The third-order valence-corrected chi connectivity index (χ3v) is 4.07. The van der Waals surface area contributed by atoms with Crippen molar-refractivity contribution < 1.29 is 0 Å². The highest BCUT2D eigenvalue weighted by Gasteiger charge is 2.30. The molecule has 0 saturated carbocycles. The van der Waals surface area contributed by atoms with Crippen molar-refractivity contribution in [3.8, 4) is 0 Å². The van der Waals surface area contributed by atoms with Crippen LogP contribution in [0.25, 0.3) is 0 Å². The summed E-state index contributed by atoms with van der Waals surface area (Å²) in [7, 11) is 0. The van der Waals surface area contributed by atoms with Crippen LogP contribution in [-0.4, -0.2) is 5.38 Å². The highest BCUT2D eigenvalue weighted by molar-refractivity contribution is 6.50. The normalized spacial score (nSPS) is 29.6. The summed E-state index contributed by atoms with van der Waals surface area (Å²) in [5.74, 6) is 0.555. The fourth-order valence-corrected chi connectivity index (χ4v) is 2.51. The maximum atomic E-state index is 6.11. The summed E-state index contributed by atoms with van der Waals surface area (Å²) in [6.07, 6.45) is 1.87. The molecule has 0 aliphatic heterocycles. The minimum absolute atomic E-state index is 0.157. The number of halogens is 4. The van der Waals surface area contributed by atoms with Gasteiger partial charge in [0.05, 0.1) is 20.5 Å². The van der Waals surface area contributed by atoms with E-state index in [4.69, 9.17) is 46.4 Å². The monoisotopic (exact) mass is 258 g/mol. The average Bonchev–Trinajstić information content (AvgIpc) is 2.07. The van der Waals surface area contributed by atoms with Crippen LogP contribution in [0.3, 0.4) is 0 Å². The van der Waals surface area contributed by atoms with Crippen LogP contribution >= 0.6 is 46.4 Å². The van der Waals surface area contributed by atoms with Gasteiger partial charge in [-0.25, -0.2) is 0 Å². The van der Waals surface area contributed by atoms with E-state index in [0.29, 0.717) is 21.0 Å². The van der Waals surface area contributed by atoms with Crippen molar-refractivity contribution in [1.29, 1.82) is 0 Å². The lowest BCUT2D eigenvalue weighted by Crippen LogP contribution is -2.22. The van der Waals surface area contributed by atoms with Crippen molar-refractivity contribution >= 4 is 46.4 Å². The zero-order valence-electron chi connectivity index (χ0n) is 7.32. The Morgan fingerprint density at radius 1 is 1.23 bits per heavy atom. The van der Waals surface area contributed by atoms with Gasteiger partial charge in [0.2, 0.25) is 0 Å². The Morgan fingerprint density at radius 3 is 2.23 bits per heavy atom. The molecule has 1 aliphatic carbocycles. The van der Waals surface area contributed by atoms with Gasteiger partial charge >= 0.3 is 0 Å². The molecule has 1 rings (SSSR count). The lowest BCUT2D eigenvalue weighted by molar-refractivity contribution is 0.468. The molecule has 0 N–H and O–H groups in total. The van der Waals surface area contributed by atoms with Gasteiger partial charge in [-0.2, -0.15) is 0 Å². The lowest BCUT2D eigenvalue weighted by Gasteiger charge is -2.27. The van der Waals surface area contributed by atoms with E-state index in [1.54, 1.807) is 0 Å². The Kier molecular flexibility index (Phi) is 4.00. The van der Waals surface area contributed by atoms with Gasteiger partial charge in [0, 0.05) is 5.92 Å². The SMILES string of the molecule is CC(C)C1C=C(Cl)C(Cl)=C(Cl)C1Cl. The largest absolute Gasteiger partial charge is 0.116 e. The van der Waals surface area contributed by atoms with E-state index >= 15 is 0 Å². The molecule has 2 unspecified atom stereocenters. The average molecular weight is 260 g/mol. The Hall–Kier alpha value is 0.640. The lowest BCUT2D eigenvalue weighted by atomic mass is 9.89. The number of hydrogen-bond acceptors (Lipinski definition) is 0. The van der Waals surface area contributed by atoms with E-state index in [0.717, 1.165) is 0 Å². The van der Waals surface area contributed by atoms with Gasteiger partial charge in [-0.15, -0.1) is 11.6 Å². The molecule has 0 aromatic carbocycles. The summed E-state index contributed by atoms with van der Waals surface area (Å²) < 4.78 is 0. The molecule has 13 heavy (non-hydrogen) atoms. The van der Waals surface area contributed by atoms with Gasteiger partial charge in [0.1, 0.15) is 0 Å². The topological polar surface area (TPSA) is 0 Å². The number of hydrogen-bond donors (Lipinski definition) is 0. The van der Waals surface area contributed by atoms with Crippen LogP contribution in [0.2, 0.25) is 0 Å². The number of rotatable bonds is 1. The van der Waals surface area contributed by atoms with Crippen molar-refractivity contribution in [1.82, 2.24) is 0 Å². The second-order valence-electron chi connectivity index (χ2n) is 3.40. The van der Waals surface area contributed by atoms with E-state index in [1.807, 2.05) is 6.08 Å². The molecular weight excluding hydrogens is 250 g/mol. The number of allylic oxidation sites excluding steroid dienone is 4. The summed E-state index contributed by atoms with van der Waals surface area (Å²) in [6, 6.07) is 0. The van der Waals surface area contributed by atoms with E-state index in [-0.39, 0.29) is 11.3 Å². The first kappa shape index (κ1) is 11.7. The Labute approximate surface area is 98.5 Å². The zero-order chi connectivity index (χ0) is 10.2. The first-order valence-electron chi connectivity index (χ1n) is 4.02. The molecule has 0 radical (unpaired) electrons. The summed E-state index contributed by atoms with van der Waals surface area (Å²) >= 11 is 23.8. The van der Waals surface area contributed by atoms with Gasteiger partial charge < -0.3 is 0 Å². The molecular formula is C9H10Cl4. The second kappa shape index (κ2) is 4.44. The smallest absolute Gasteiger partial charge is 0.0773 e. The van der Waals surface area contributed by atoms with Crippen LogP contribution < -0.4 is 0 Å². The van der Waals surface area contributed by atoms with Crippen LogP contribution in [0.4, 0.5) is 0 Å². The van der Waals surface area contributed by atoms with Crippen molar-refractivity contribution in [2.45, 2.75) is 19.2 Å². The van der Waals surface area contributed by atoms with Crippen molar-refractivity contribution in [2.24, 2.45) is 11.8 Å². The fraction of sp³-hybridized carbons (Fsp3) is 0.556.